The van der Waals surface area contributed by atoms with Crippen LogP contribution in [0.2, 0.25) is 13.1 Å². The van der Waals surface area contributed by atoms with Crippen molar-refractivity contribution in [1.29, 1.82) is 0 Å². The molecule has 62 heavy (non-hydrogen) atoms. The summed E-state index contributed by atoms with van der Waals surface area (Å²) in [5.41, 5.74) is -1.50. The summed E-state index contributed by atoms with van der Waals surface area (Å²) < 4.78 is 170. The Bertz CT molecular complexity index is 2260. The molecule has 0 nitrogen and oxygen atoms in total. The van der Waals surface area contributed by atoms with Gasteiger partial charge in [-0.15, -0.1) is 0 Å². The average molecular weight is 1020 g/mol. The molecule has 0 aliphatic heterocycles. The van der Waals surface area contributed by atoms with Crippen LogP contribution < -0.4 is 0 Å². The summed E-state index contributed by atoms with van der Waals surface area (Å²) in [4.78, 5) is 0. The molecule has 0 spiro atoms. The van der Waals surface area contributed by atoms with Crippen LogP contribution in [0.15, 0.2) is 71.8 Å². The van der Waals surface area contributed by atoms with Gasteiger partial charge in [-0.1, -0.05) is 0 Å². The molecule has 0 saturated carbocycles. The van der Waals surface area contributed by atoms with Crippen LogP contribution in [0.5, 0.6) is 0 Å². The van der Waals surface area contributed by atoms with Crippen molar-refractivity contribution in [3.63, 3.8) is 0 Å². The van der Waals surface area contributed by atoms with Crippen LogP contribution >= 0.6 is 17.0 Å². The van der Waals surface area contributed by atoms with Gasteiger partial charge in [0.15, 0.2) is 0 Å². The molecule has 2 unspecified atom stereocenters. The van der Waals surface area contributed by atoms with E-state index in [2.05, 4.69) is 0 Å². The van der Waals surface area contributed by atoms with Crippen molar-refractivity contribution in [3.8, 4) is 22.3 Å². The van der Waals surface area contributed by atoms with Gasteiger partial charge in [0.25, 0.3) is 0 Å². The van der Waals surface area contributed by atoms with E-state index >= 15 is 0 Å². The number of benzene rings is 4. The summed E-state index contributed by atoms with van der Waals surface area (Å²) >= 11 is -5.77. The third-order valence-corrected chi connectivity index (χ3v) is 64.5. The van der Waals surface area contributed by atoms with E-state index < -0.39 is 75.7 Å². The first-order valence-electron chi connectivity index (χ1n) is 20.3. The Morgan fingerprint density at radius 1 is 0.516 bits per heavy atom. The Morgan fingerprint density at radius 2 is 0.806 bits per heavy atom. The monoisotopic (exact) mass is 1010 g/mol. The number of hydrogen-bond donors (Lipinski definition) is 0. The van der Waals surface area contributed by atoms with Gasteiger partial charge in [-0.3, -0.25) is 0 Å². The van der Waals surface area contributed by atoms with Crippen LogP contribution in [0.4, 0.5) is 52.7 Å². The number of allylic oxidation sites excluding steroid dienone is 2. The predicted molar refractivity (Wildman–Crippen MR) is 225 cm³/mol. The fourth-order valence-corrected chi connectivity index (χ4v) is 41.4. The van der Waals surface area contributed by atoms with Crippen molar-refractivity contribution in [2.75, 3.05) is 0 Å². The van der Waals surface area contributed by atoms with Gasteiger partial charge in [0.05, 0.1) is 0 Å². The van der Waals surface area contributed by atoms with E-state index in [1.54, 1.807) is 52.0 Å². The molecule has 0 fully saturated rings. The molecule has 0 saturated heterocycles. The molecular formula is C46H45Cl2F12SiZr. The van der Waals surface area contributed by atoms with Gasteiger partial charge in [-0.25, -0.2) is 0 Å². The molecular weight excluding hydrogens is 971 g/mol. The summed E-state index contributed by atoms with van der Waals surface area (Å²) in [5.74, 6) is -3.03. The third kappa shape index (κ3) is 8.34. The van der Waals surface area contributed by atoms with Gasteiger partial charge < -0.3 is 0 Å². The van der Waals surface area contributed by atoms with Gasteiger partial charge in [0.2, 0.25) is 0 Å². The van der Waals surface area contributed by atoms with Crippen molar-refractivity contribution in [3.05, 3.63) is 127 Å². The fraction of sp³-hybridized carbons (Fsp3) is 0.391. The summed E-state index contributed by atoms with van der Waals surface area (Å²) in [6, 6.07) is 10.1. The first-order chi connectivity index (χ1) is 28.4. The maximum absolute atomic E-state index is 14.3. The van der Waals surface area contributed by atoms with Gasteiger partial charge in [0.1, 0.15) is 0 Å². The molecule has 335 valence electrons. The van der Waals surface area contributed by atoms with Crippen LogP contribution in [-0.4, -0.2) is 5.92 Å². The van der Waals surface area contributed by atoms with Crippen LogP contribution in [-0.2, 0) is 40.3 Å². The summed E-state index contributed by atoms with van der Waals surface area (Å²) in [6.07, 6.45) is -16.1. The molecule has 0 radical (unpaired) electrons. The summed E-state index contributed by atoms with van der Waals surface area (Å²) in [5, 5.41) is 0. The second-order valence-corrected chi connectivity index (χ2v) is 59.9. The molecule has 0 aromatic heterocycles. The Kier molecular flexibility index (Phi) is 12.8. The topological polar surface area (TPSA) is 0 Å². The molecule has 0 bridgehead atoms. The minimum atomic E-state index is -5.77. The van der Waals surface area contributed by atoms with E-state index in [0.29, 0.717) is 46.2 Å². The van der Waals surface area contributed by atoms with Crippen molar-refractivity contribution >= 4 is 35.1 Å². The first kappa shape index (κ1) is 48.7. The number of rotatable bonds is 9. The van der Waals surface area contributed by atoms with Crippen molar-refractivity contribution in [2.24, 2.45) is 0 Å². The number of halogens is 14. The molecule has 6 rings (SSSR count). The fourth-order valence-electron chi connectivity index (χ4n) is 9.61. The molecule has 2 aliphatic carbocycles. The Hall–Kier alpha value is -2.80. The standard InChI is InChI=1S/2C22H19F6.C2H7Si.2ClH.Zr/c2*1-4-13-7-14-5-6-18(12(2)3)20(19(14)8-13)15-9-16(21(23,24)25)11-17(10-15)22(26,27)28;1-3-2;;;/h2*5-12H,4H2,1-3H3;3H,1-2H3;2*1H;/q;;;;;+2/p-2. The summed E-state index contributed by atoms with van der Waals surface area (Å²) in [7, 11) is 16.9. The van der Waals surface area contributed by atoms with Crippen molar-refractivity contribution in [2.45, 2.75) is 111 Å². The van der Waals surface area contributed by atoms with E-state index in [9.17, 15) is 52.7 Å². The third-order valence-electron chi connectivity index (χ3n) is 12.7. The van der Waals surface area contributed by atoms with Gasteiger partial charge in [-0.05, 0) is 0 Å². The molecule has 4 aromatic carbocycles. The normalized spacial score (nSPS) is 18.0. The Balaban J connectivity index is 1.68. The minimum absolute atomic E-state index is 0.0918. The number of alkyl halides is 12. The van der Waals surface area contributed by atoms with Crippen LogP contribution in [0, 0.1) is 0 Å². The first-order valence-corrected chi connectivity index (χ1v) is 36.6. The predicted octanol–water partition coefficient (Wildman–Crippen LogP) is 17.7. The van der Waals surface area contributed by atoms with E-state index in [0.717, 1.165) is 35.4 Å². The number of fused-ring (bicyclic) bond motifs is 2. The molecule has 16 heteroatoms. The average Bonchev–Trinajstić information content (AvgIpc) is 3.75. The second kappa shape index (κ2) is 16.3. The quantitative estimate of drug-likeness (QED) is 0.116. The molecule has 0 amide bonds. The maximum atomic E-state index is 14.3. The molecule has 2 atom stereocenters. The van der Waals surface area contributed by atoms with Crippen LogP contribution in [0.25, 0.3) is 34.4 Å². The van der Waals surface area contributed by atoms with Gasteiger partial charge in [-0.2, -0.15) is 0 Å². The SMILES string of the molecule is CCC1=Cc2c(ccc(C(C)C)c2-c2cc(C(F)(F)F)cc(C(F)(F)F)c2)[CH]1[Zr]([Cl])([Cl])([CH]1C(CC)=Cc2c1ccc(C(C)C)c2-c1cc(C(F)(F)F)cc(C(F)(F)F)c1)[SiH](C)C. The Labute approximate surface area is 362 Å². The van der Waals surface area contributed by atoms with Crippen molar-refractivity contribution in [1.82, 2.24) is 0 Å². The zero-order valence-corrected chi connectivity index (χ0v) is 40.1. The molecule has 4 aromatic rings. The number of hydrogen-bond acceptors (Lipinski definition) is 0. The van der Waals surface area contributed by atoms with E-state index in [1.165, 1.54) is 0 Å². The zero-order valence-electron chi connectivity index (χ0n) is 35.0. The van der Waals surface area contributed by atoms with Crippen molar-refractivity contribution < 1.29 is 68.2 Å². The molecule has 0 heterocycles. The second-order valence-electron chi connectivity index (χ2n) is 17.4. The van der Waals surface area contributed by atoms with E-state index in [1.807, 2.05) is 39.1 Å². The van der Waals surface area contributed by atoms with Gasteiger partial charge in [0, 0.05) is 0 Å². The zero-order chi connectivity index (χ0) is 46.5. The summed E-state index contributed by atoms with van der Waals surface area (Å²) in [6.45, 7) is 14.9. The molecule has 2 aliphatic rings. The van der Waals surface area contributed by atoms with E-state index in [4.69, 9.17) is 17.0 Å². The van der Waals surface area contributed by atoms with Crippen LogP contribution in [0.1, 0.15) is 129 Å². The van der Waals surface area contributed by atoms with Crippen LogP contribution in [0.3, 0.4) is 0 Å². The Morgan fingerprint density at radius 3 is 1.03 bits per heavy atom. The molecule has 0 N–H and O–H groups in total. The van der Waals surface area contributed by atoms with Gasteiger partial charge >= 0.3 is 364 Å². The van der Waals surface area contributed by atoms with E-state index in [-0.39, 0.29) is 46.2 Å².